The maximum absolute atomic E-state index is 13.0. The van der Waals surface area contributed by atoms with Crippen molar-refractivity contribution in [2.45, 2.75) is 19.8 Å². The van der Waals surface area contributed by atoms with Gasteiger partial charge in [0.25, 0.3) is 0 Å². The molecule has 1 atom stereocenters. The van der Waals surface area contributed by atoms with Gasteiger partial charge in [0.1, 0.15) is 5.82 Å². The van der Waals surface area contributed by atoms with E-state index in [0.29, 0.717) is 24.0 Å². The van der Waals surface area contributed by atoms with Gasteiger partial charge in [-0.2, -0.15) is 0 Å². The van der Waals surface area contributed by atoms with Crippen molar-refractivity contribution in [3.63, 3.8) is 0 Å². The molecule has 1 aliphatic rings. The van der Waals surface area contributed by atoms with E-state index in [4.69, 9.17) is 4.74 Å². The Kier molecular flexibility index (Phi) is 6.52. The Balaban J connectivity index is 1.53. The van der Waals surface area contributed by atoms with Crippen molar-refractivity contribution in [1.82, 2.24) is 9.88 Å². The molecule has 1 aromatic carbocycles. The Hall–Kier alpha value is -2.32. The van der Waals surface area contributed by atoms with Gasteiger partial charge >= 0.3 is 5.97 Å². The van der Waals surface area contributed by atoms with E-state index in [1.165, 1.54) is 23.5 Å². The van der Waals surface area contributed by atoms with Crippen LogP contribution >= 0.6 is 11.3 Å². The van der Waals surface area contributed by atoms with Crippen LogP contribution in [-0.4, -0.2) is 48.0 Å². The van der Waals surface area contributed by atoms with Gasteiger partial charge in [0.05, 0.1) is 24.8 Å². The molecule has 0 bridgehead atoms. The van der Waals surface area contributed by atoms with Crippen LogP contribution < -0.4 is 5.32 Å². The van der Waals surface area contributed by atoms with E-state index in [-0.39, 0.29) is 30.2 Å². The van der Waals surface area contributed by atoms with Crippen molar-refractivity contribution in [2.24, 2.45) is 5.92 Å². The monoisotopic (exact) mass is 391 g/mol. The van der Waals surface area contributed by atoms with Crippen molar-refractivity contribution >= 4 is 28.3 Å². The van der Waals surface area contributed by atoms with Gasteiger partial charge in [0.2, 0.25) is 5.91 Å². The van der Waals surface area contributed by atoms with Crippen LogP contribution in [0, 0.1) is 11.7 Å². The molecule has 2 aromatic rings. The number of piperidine rings is 1. The van der Waals surface area contributed by atoms with Crippen LogP contribution in [0.15, 0.2) is 29.6 Å². The first-order valence-corrected chi connectivity index (χ1v) is 9.83. The lowest BCUT2D eigenvalue weighted by atomic mass is 9.98. The predicted molar refractivity (Wildman–Crippen MR) is 102 cm³/mol. The second-order valence-electron chi connectivity index (χ2n) is 6.42. The molecule has 2 heterocycles. The summed E-state index contributed by atoms with van der Waals surface area (Å²) in [6, 6.07) is 6.06. The van der Waals surface area contributed by atoms with E-state index in [9.17, 15) is 14.0 Å². The molecule has 27 heavy (non-hydrogen) atoms. The highest BCUT2D eigenvalue weighted by molar-refractivity contribution is 7.14. The number of anilines is 1. The molecule has 0 aliphatic carbocycles. The fraction of sp³-hybridized carbons (Fsp3) is 0.421. The van der Waals surface area contributed by atoms with Crippen LogP contribution in [0.25, 0.3) is 11.3 Å². The number of halogens is 1. The van der Waals surface area contributed by atoms with Crippen LogP contribution in [0.4, 0.5) is 9.52 Å². The van der Waals surface area contributed by atoms with Crippen LogP contribution in [-0.2, 0) is 14.3 Å². The number of carbonyl (C=O) groups is 2. The molecular formula is C19H22FN3O3S. The van der Waals surface area contributed by atoms with E-state index in [1.807, 2.05) is 10.3 Å². The number of thiazole rings is 1. The molecule has 1 N–H and O–H groups in total. The third-order valence-corrected chi connectivity index (χ3v) is 5.14. The van der Waals surface area contributed by atoms with Crippen molar-refractivity contribution in [2.75, 3.05) is 31.6 Å². The number of hydrogen-bond acceptors (Lipinski definition) is 6. The van der Waals surface area contributed by atoms with Gasteiger partial charge in [0, 0.05) is 17.5 Å². The van der Waals surface area contributed by atoms with Crippen LogP contribution in [0.1, 0.15) is 19.8 Å². The standard InChI is InChI=1S/C19H22FN3O3S/c1-2-26-18(25)14-4-3-9-23(10-14)11-17(24)22-19-21-16(12-27-19)13-5-7-15(20)8-6-13/h5-8,12,14H,2-4,9-11H2,1H3,(H,21,22,24). The number of rotatable bonds is 6. The predicted octanol–water partition coefficient (Wildman–Crippen LogP) is 3.16. The number of hydrogen-bond donors (Lipinski definition) is 1. The first kappa shape index (κ1) is 19.4. The highest BCUT2D eigenvalue weighted by atomic mass is 32.1. The average Bonchev–Trinajstić information content (AvgIpc) is 3.11. The minimum absolute atomic E-state index is 0.167. The first-order chi connectivity index (χ1) is 13.0. The van der Waals surface area contributed by atoms with E-state index in [0.717, 1.165) is 24.9 Å². The molecule has 0 radical (unpaired) electrons. The molecule has 144 valence electrons. The second kappa shape index (κ2) is 9.05. The third-order valence-electron chi connectivity index (χ3n) is 4.38. The van der Waals surface area contributed by atoms with Gasteiger partial charge in [-0.3, -0.25) is 14.5 Å². The number of benzene rings is 1. The molecule has 1 aliphatic heterocycles. The van der Waals surface area contributed by atoms with E-state index < -0.39 is 0 Å². The molecule has 3 rings (SSSR count). The van der Waals surface area contributed by atoms with Crippen molar-refractivity contribution in [1.29, 1.82) is 0 Å². The Labute approximate surface area is 161 Å². The number of nitrogens with zero attached hydrogens (tertiary/aromatic N) is 2. The SMILES string of the molecule is CCOC(=O)C1CCCN(CC(=O)Nc2nc(-c3ccc(F)cc3)cs2)C1. The topological polar surface area (TPSA) is 71.5 Å². The van der Waals surface area contributed by atoms with Gasteiger partial charge in [-0.25, -0.2) is 9.37 Å². The third kappa shape index (κ3) is 5.33. The van der Waals surface area contributed by atoms with Crippen molar-refractivity contribution in [3.05, 3.63) is 35.5 Å². The summed E-state index contributed by atoms with van der Waals surface area (Å²) in [5, 5.41) is 5.11. The summed E-state index contributed by atoms with van der Waals surface area (Å²) < 4.78 is 18.1. The van der Waals surface area contributed by atoms with Crippen LogP contribution in [0.2, 0.25) is 0 Å². The van der Waals surface area contributed by atoms with Crippen LogP contribution in [0.3, 0.4) is 0 Å². The number of ether oxygens (including phenoxy) is 1. The van der Waals surface area contributed by atoms with Gasteiger partial charge < -0.3 is 10.1 Å². The molecule has 1 fully saturated rings. The summed E-state index contributed by atoms with van der Waals surface area (Å²) >= 11 is 1.32. The summed E-state index contributed by atoms with van der Waals surface area (Å²) in [7, 11) is 0. The average molecular weight is 391 g/mol. The maximum Gasteiger partial charge on any atom is 0.310 e. The molecule has 1 unspecified atom stereocenters. The van der Waals surface area contributed by atoms with Gasteiger partial charge in [0.15, 0.2) is 5.13 Å². The number of aromatic nitrogens is 1. The molecule has 0 spiro atoms. The lowest BCUT2D eigenvalue weighted by molar-refractivity contribution is -0.150. The van der Waals surface area contributed by atoms with E-state index in [2.05, 4.69) is 10.3 Å². The Bertz CT molecular complexity index is 794. The molecule has 1 aromatic heterocycles. The number of esters is 1. The Morgan fingerprint density at radius 2 is 2.15 bits per heavy atom. The summed E-state index contributed by atoms with van der Waals surface area (Å²) in [6.45, 7) is 3.69. The van der Waals surface area contributed by atoms with E-state index in [1.54, 1.807) is 19.1 Å². The number of nitrogens with one attached hydrogen (secondary N) is 1. The smallest absolute Gasteiger partial charge is 0.310 e. The molecular weight excluding hydrogens is 369 g/mol. The van der Waals surface area contributed by atoms with Gasteiger partial charge in [-0.15, -0.1) is 11.3 Å². The second-order valence-corrected chi connectivity index (χ2v) is 7.28. The quantitative estimate of drug-likeness (QED) is 0.766. The molecule has 1 saturated heterocycles. The highest BCUT2D eigenvalue weighted by Gasteiger charge is 2.27. The lowest BCUT2D eigenvalue weighted by Crippen LogP contribution is -2.43. The summed E-state index contributed by atoms with van der Waals surface area (Å²) in [5.41, 5.74) is 1.48. The van der Waals surface area contributed by atoms with Crippen molar-refractivity contribution < 1.29 is 18.7 Å². The zero-order valence-corrected chi connectivity index (χ0v) is 15.9. The fourth-order valence-electron chi connectivity index (χ4n) is 3.10. The molecule has 8 heteroatoms. The molecule has 0 saturated carbocycles. The minimum Gasteiger partial charge on any atom is -0.466 e. The van der Waals surface area contributed by atoms with Gasteiger partial charge in [-0.1, -0.05) is 0 Å². The summed E-state index contributed by atoms with van der Waals surface area (Å²) in [6.07, 6.45) is 1.66. The number of carbonyl (C=O) groups excluding carboxylic acids is 2. The number of amides is 1. The Morgan fingerprint density at radius 3 is 2.89 bits per heavy atom. The van der Waals surface area contributed by atoms with E-state index >= 15 is 0 Å². The first-order valence-electron chi connectivity index (χ1n) is 8.95. The highest BCUT2D eigenvalue weighted by Crippen LogP contribution is 2.25. The minimum atomic E-state index is -0.301. The zero-order valence-electron chi connectivity index (χ0n) is 15.1. The Morgan fingerprint density at radius 1 is 1.37 bits per heavy atom. The molecule has 1 amide bonds. The fourth-order valence-corrected chi connectivity index (χ4v) is 3.83. The lowest BCUT2D eigenvalue weighted by Gasteiger charge is -2.30. The molecule has 6 nitrogen and oxygen atoms in total. The van der Waals surface area contributed by atoms with Gasteiger partial charge in [-0.05, 0) is 50.6 Å². The zero-order chi connectivity index (χ0) is 19.2. The maximum atomic E-state index is 13.0. The summed E-state index contributed by atoms with van der Waals surface area (Å²) in [4.78, 5) is 30.6. The number of likely N-dealkylation sites (tertiary alicyclic amines) is 1. The largest absolute Gasteiger partial charge is 0.466 e. The normalized spacial score (nSPS) is 17.5. The van der Waals surface area contributed by atoms with Crippen molar-refractivity contribution in [3.8, 4) is 11.3 Å². The van der Waals surface area contributed by atoms with Crippen LogP contribution in [0.5, 0.6) is 0 Å². The summed E-state index contributed by atoms with van der Waals surface area (Å²) in [5.74, 6) is -0.826.